The molecular weight excluding hydrogens is 436 g/mol. The van der Waals surface area contributed by atoms with Gasteiger partial charge in [-0.05, 0) is 63.0 Å². The zero-order chi connectivity index (χ0) is 25.3. The minimum atomic E-state index is -0.0787. The van der Waals surface area contributed by atoms with E-state index in [0.717, 1.165) is 60.2 Å². The van der Waals surface area contributed by atoms with Gasteiger partial charge in [-0.25, -0.2) is 0 Å². The summed E-state index contributed by atoms with van der Waals surface area (Å²) in [7, 11) is 0. The molecule has 180 valence electrons. The lowest BCUT2D eigenvalue weighted by atomic mass is 9.79. The van der Waals surface area contributed by atoms with Gasteiger partial charge in [0.25, 0.3) is 0 Å². The van der Waals surface area contributed by atoms with Gasteiger partial charge in [0.05, 0.1) is 6.42 Å². The van der Waals surface area contributed by atoms with Crippen LogP contribution in [0.1, 0.15) is 58.8 Å². The van der Waals surface area contributed by atoms with Crippen molar-refractivity contribution in [2.45, 2.75) is 58.8 Å². The van der Waals surface area contributed by atoms with Crippen LogP contribution in [-0.2, 0) is 28.8 Å². The number of carbonyl (C=O) groups excluding carboxylic acids is 6. The van der Waals surface area contributed by atoms with Crippen molar-refractivity contribution in [3.63, 3.8) is 0 Å². The number of nitrogens with two attached hydrogens (primary N) is 1. The molecule has 0 saturated carbocycles. The molecule has 0 fully saturated rings. The molecule has 1 aliphatic heterocycles. The molecule has 0 bridgehead atoms. The van der Waals surface area contributed by atoms with E-state index < -0.39 is 0 Å². The van der Waals surface area contributed by atoms with Crippen LogP contribution in [0.5, 0.6) is 0 Å². The van der Waals surface area contributed by atoms with Crippen LogP contribution in [0.25, 0.3) is 0 Å². The van der Waals surface area contributed by atoms with Gasteiger partial charge in [0.2, 0.25) is 0 Å². The van der Waals surface area contributed by atoms with E-state index in [1.54, 1.807) is 6.08 Å². The predicted molar refractivity (Wildman–Crippen MR) is 126 cm³/mol. The maximum atomic E-state index is 11.9. The molecule has 5 aliphatic rings. The third-order valence-electron chi connectivity index (χ3n) is 5.60. The van der Waals surface area contributed by atoms with Gasteiger partial charge in [-0.2, -0.15) is 0 Å². The smallest absolute Gasteiger partial charge is 0.184 e. The second-order valence-corrected chi connectivity index (χ2v) is 8.26. The van der Waals surface area contributed by atoms with Crippen molar-refractivity contribution in [2.75, 3.05) is 0 Å². The largest absolute Gasteiger partial charge is 0.402 e. The number of Topliss-reactive ketones (excluding diaryl/α,β-unsaturated/α-hetero) is 1. The first-order valence-corrected chi connectivity index (χ1v) is 11.3. The summed E-state index contributed by atoms with van der Waals surface area (Å²) in [5.74, 6) is 0.220. The quantitative estimate of drug-likeness (QED) is 0.410. The highest BCUT2D eigenvalue weighted by atomic mass is 16.2. The second kappa shape index (κ2) is 12.5. The summed E-state index contributed by atoms with van der Waals surface area (Å²) in [5, 5.41) is 3.24. The number of rotatable bonds is 0. The fourth-order valence-electron chi connectivity index (χ4n) is 4.12. The van der Waals surface area contributed by atoms with Gasteiger partial charge in [0.1, 0.15) is 6.29 Å². The number of aldehydes is 1. The molecule has 0 saturated heterocycles. The van der Waals surface area contributed by atoms with E-state index in [1.807, 2.05) is 13.0 Å². The first-order chi connectivity index (χ1) is 16.2. The van der Waals surface area contributed by atoms with Crippen LogP contribution < -0.4 is 11.1 Å². The number of allylic oxidation sites excluding steroid dienone is 9. The Kier molecular flexibility index (Phi) is 9.79. The van der Waals surface area contributed by atoms with E-state index in [1.165, 1.54) is 25.2 Å². The van der Waals surface area contributed by atoms with Gasteiger partial charge in [0, 0.05) is 47.0 Å². The number of nitrogens with one attached hydrogen (secondary N) is 1. The first-order valence-electron chi connectivity index (χ1n) is 11.3. The molecule has 0 amide bonds. The molecule has 5 rings (SSSR count). The average molecular weight is 467 g/mol. The van der Waals surface area contributed by atoms with Crippen molar-refractivity contribution in [1.29, 1.82) is 0 Å². The van der Waals surface area contributed by atoms with Crippen LogP contribution in [-0.4, -0.2) is 35.2 Å². The highest BCUT2D eigenvalue weighted by Gasteiger charge is 2.36. The summed E-state index contributed by atoms with van der Waals surface area (Å²) < 4.78 is 0. The molecule has 0 aromatic rings. The number of hydrogen-bond donors (Lipinski definition) is 2. The Balaban J connectivity index is 0.000000190. The Morgan fingerprint density at radius 3 is 1.97 bits per heavy atom. The van der Waals surface area contributed by atoms with E-state index in [2.05, 4.69) is 5.32 Å². The van der Waals surface area contributed by atoms with Gasteiger partial charge in [0.15, 0.2) is 28.9 Å². The molecule has 1 heterocycles. The van der Waals surface area contributed by atoms with Crippen LogP contribution in [0.15, 0.2) is 58.6 Å². The van der Waals surface area contributed by atoms with E-state index in [9.17, 15) is 24.0 Å². The fourth-order valence-corrected chi connectivity index (χ4v) is 4.12. The summed E-state index contributed by atoms with van der Waals surface area (Å²) in [6, 6.07) is 0. The molecule has 0 aromatic carbocycles. The Hall–Kier alpha value is -3.68. The standard InChI is InChI=1S/C13H13NO2.C6H9NO.C5H4O2.C2H4O/c1-7-12-8(3-2-4-10(12)15)14-9-5-6-11(16)13(7)9;7-5-2-1-3-6(8)4-5;6-4-1-2-5(7)3-4;1-2-3/h5-7,14H,2-4H2,1H3;4H,1-3,7H2;1-2H,3H2;2H,1H3. The lowest BCUT2D eigenvalue weighted by Crippen LogP contribution is -2.32. The summed E-state index contributed by atoms with van der Waals surface area (Å²) in [5.41, 5.74) is 9.62. The third kappa shape index (κ3) is 7.16. The monoisotopic (exact) mass is 466 g/mol. The highest BCUT2D eigenvalue weighted by molar-refractivity contribution is 6.16. The maximum Gasteiger partial charge on any atom is 0.184 e. The minimum absolute atomic E-state index is 0.0402. The molecule has 1 atom stereocenters. The van der Waals surface area contributed by atoms with Gasteiger partial charge in [-0.15, -0.1) is 0 Å². The topological polar surface area (TPSA) is 140 Å². The summed E-state index contributed by atoms with van der Waals surface area (Å²) in [6.45, 7) is 3.40. The normalized spacial score (nSPS) is 22.4. The zero-order valence-electron chi connectivity index (χ0n) is 19.5. The molecule has 0 radical (unpaired) electrons. The number of dihydropyridines is 1. The van der Waals surface area contributed by atoms with Crippen LogP contribution in [0.4, 0.5) is 0 Å². The molecule has 34 heavy (non-hydrogen) atoms. The lowest BCUT2D eigenvalue weighted by Gasteiger charge is -2.30. The Labute approximate surface area is 198 Å². The molecule has 8 nitrogen and oxygen atoms in total. The Bertz CT molecular complexity index is 1040. The first kappa shape index (κ1) is 26.6. The zero-order valence-corrected chi connectivity index (χ0v) is 19.5. The Morgan fingerprint density at radius 2 is 1.47 bits per heavy atom. The SMILES string of the molecule is CC1C2=C(C=CC2=O)NC2=C1C(=O)CCC2.CC=O.NC1=CC(=O)CCC1.O=C1C=CC(=O)C1. The fraction of sp³-hybridized carbons (Fsp3) is 0.385. The summed E-state index contributed by atoms with van der Waals surface area (Å²) in [6.07, 6.45) is 13.3. The summed E-state index contributed by atoms with van der Waals surface area (Å²) >= 11 is 0. The van der Waals surface area contributed by atoms with Gasteiger partial charge in [-0.3, -0.25) is 24.0 Å². The Morgan fingerprint density at radius 1 is 0.853 bits per heavy atom. The molecule has 4 aliphatic carbocycles. The van der Waals surface area contributed by atoms with Crippen molar-refractivity contribution < 1.29 is 28.8 Å². The van der Waals surface area contributed by atoms with Gasteiger partial charge < -0.3 is 15.8 Å². The lowest BCUT2D eigenvalue weighted by molar-refractivity contribution is -0.121. The van der Waals surface area contributed by atoms with Crippen molar-refractivity contribution in [1.82, 2.24) is 5.32 Å². The third-order valence-corrected chi connectivity index (χ3v) is 5.60. The van der Waals surface area contributed by atoms with E-state index in [4.69, 9.17) is 10.5 Å². The predicted octanol–water partition coefficient (Wildman–Crippen LogP) is 2.50. The van der Waals surface area contributed by atoms with E-state index in [-0.39, 0.29) is 41.3 Å². The minimum Gasteiger partial charge on any atom is -0.402 e. The summed E-state index contributed by atoms with van der Waals surface area (Å²) in [4.78, 5) is 63.2. The van der Waals surface area contributed by atoms with E-state index >= 15 is 0 Å². The highest BCUT2D eigenvalue weighted by Crippen LogP contribution is 2.37. The molecule has 3 N–H and O–H groups in total. The molecule has 1 unspecified atom stereocenters. The van der Waals surface area contributed by atoms with Crippen LogP contribution >= 0.6 is 0 Å². The van der Waals surface area contributed by atoms with Gasteiger partial charge >= 0.3 is 0 Å². The van der Waals surface area contributed by atoms with Crippen LogP contribution in [0.3, 0.4) is 0 Å². The molecule has 0 aromatic heterocycles. The van der Waals surface area contributed by atoms with Crippen molar-refractivity contribution in [3.05, 3.63) is 58.6 Å². The van der Waals surface area contributed by atoms with Gasteiger partial charge in [-0.1, -0.05) is 6.92 Å². The number of ketones is 5. The maximum absolute atomic E-state index is 11.9. The second-order valence-electron chi connectivity index (χ2n) is 8.26. The van der Waals surface area contributed by atoms with E-state index in [0.29, 0.717) is 12.8 Å². The van der Waals surface area contributed by atoms with Crippen LogP contribution in [0, 0.1) is 5.92 Å². The number of hydrogen-bond acceptors (Lipinski definition) is 8. The van der Waals surface area contributed by atoms with Crippen molar-refractivity contribution in [3.8, 4) is 0 Å². The molecule has 8 heteroatoms. The van der Waals surface area contributed by atoms with Crippen molar-refractivity contribution in [2.24, 2.45) is 11.7 Å². The average Bonchev–Trinajstić information content (AvgIpc) is 3.33. The number of carbonyl (C=O) groups is 6. The van der Waals surface area contributed by atoms with Crippen molar-refractivity contribution >= 4 is 35.2 Å². The van der Waals surface area contributed by atoms with Crippen LogP contribution in [0.2, 0.25) is 0 Å². The molecular formula is C26H30N2O6. The molecule has 0 spiro atoms.